The fourth-order valence-electron chi connectivity index (χ4n) is 1.35. The fourth-order valence-corrected chi connectivity index (χ4v) is 2.00. The van der Waals surface area contributed by atoms with E-state index in [-0.39, 0.29) is 0 Å². The molecule has 0 spiro atoms. The van der Waals surface area contributed by atoms with Crippen molar-refractivity contribution < 1.29 is 0 Å². The topological polar surface area (TPSA) is 41.3 Å². The molecule has 0 unspecified atom stereocenters. The highest BCUT2D eigenvalue weighted by atomic mass is 79.9. The molecular weight excluding hydrogens is 298 g/mol. The van der Waals surface area contributed by atoms with E-state index in [9.17, 15) is 0 Å². The standard InChI is InChI=1S/C12H18BrN3S/c1-3-16(2)7-6-15-11-5-4-9(12(14)17)8-10(11)13/h4-5,8,15H,3,6-7H2,1-2H3,(H2,14,17). The van der Waals surface area contributed by atoms with E-state index in [2.05, 4.69) is 40.1 Å². The molecule has 5 heteroatoms. The van der Waals surface area contributed by atoms with Crippen molar-refractivity contribution in [3.8, 4) is 0 Å². The first-order chi connectivity index (χ1) is 8.04. The van der Waals surface area contributed by atoms with Crippen molar-refractivity contribution in [1.82, 2.24) is 4.90 Å². The summed E-state index contributed by atoms with van der Waals surface area (Å²) in [5.41, 5.74) is 7.52. The molecule has 0 saturated carbocycles. The maximum absolute atomic E-state index is 5.57. The third-order valence-electron chi connectivity index (χ3n) is 2.60. The van der Waals surface area contributed by atoms with Crippen molar-refractivity contribution in [2.45, 2.75) is 6.92 Å². The van der Waals surface area contributed by atoms with Crippen LogP contribution in [0.1, 0.15) is 12.5 Å². The van der Waals surface area contributed by atoms with Gasteiger partial charge in [-0.25, -0.2) is 0 Å². The third-order valence-corrected chi connectivity index (χ3v) is 3.49. The number of nitrogens with two attached hydrogens (primary N) is 1. The summed E-state index contributed by atoms with van der Waals surface area (Å²) in [5, 5.41) is 3.37. The summed E-state index contributed by atoms with van der Waals surface area (Å²) >= 11 is 8.44. The first-order valence-corrected chi connectivity index (χ1v) is 6.76. The molecule has 1 aromatic rings. The molecular formula is C12H18BrN3S. The van der Waals surface area contributed by atoms with Crippen LogP contribution in [0.15, 0.2) is 22.7 Å². The van der Waals surface area contributed by atoms with Gasteiger partial charge in [-0.2, -0.15) is 0 Å². The summed E-state index contributed by atoms with van der Waals surface area (Å²) < 4.78 is 0.988. The van der Waals surface area contributed by atoms with Crippen molar-refractivity contribution in [3.63, 3.8) is 0 Å². The number of thiocarbonyl (C=S) groups is 1. The molecule has 0 aliphatic carbocycles. The second kappa shape index (κ2) is 6.93. The quantitative estimate of drug-likeness (QED) is 0.791. The molecule has 0 aliphatic heterocycles. The number of benzene rings is 1. The Morgan fingerprint density at radius 3 is 2.76 bits per heavy atom. The van der Waals surface area contributed by atoms with E-state index in [0.717, 1.165) is 35.4 Å². The van der Waals surface area contributed by atoms with Crippen molar-refractivity contribution in [3.05, 3.63) is 28.2 Å². The second-order valence-electron chi connectivity index (χ2n) is 3.88. The third kappa shape index (κ3) is 4.61. The summed E-state index contributed by atoms with van der Waals surface area (Å²) in [5.74, 6) is 0. The van der Waals surface area contributed by atoms with Crippen LogP contribution in [0.5, 0.6) is 0 Å². The minimum atomic E-state index is 0.419. The summed E-state index contributed by atoms with van der Waals surface area (Å²) in [6.45, 7) is 5.13. The Bertz CT molecular complexity index is 395. The van der Waals surface area contributed by atoms with Crippen LogP contribution in [0.4, 0.5) is 5.69 Å². The minimum Gasteiger partial charge on any atom is -0.389 e. The van der Waals surface area contributed by atoms with Gasteiger partial charge in [0.25, 0.3) is 0 Å². The number of nitrogens with one attached hydrogen (secondary N) is 1. The zero-order valence-electron chi connectivity index (χ0n) is 10.2. The second-order valence-corrected chi connectivity index (χ2v) is 5.18. The normalized spacial score (nSPS) is 10.6. The molecule has 0 atom stereocenters. The highest BCUT2D eigenvalue weighted by Crippen LogP contribution is 2.23. The number of nitrogens with zero attached hydrogens (tertiary/aromatic N) is 1. The summed E-state index contributed by atoms with van der Waals surface area (Å²) in [4.78, 5) is 2.67. The molecule has 0 fully saturated rings. The Morgan fingerprint density at radius 1 is 1.53 bits per heavy atom. The van der Waals surface area contributed by atoms with Crippen LogP contribution in [0, 0.1) is 0 Å². The van der Waals surface area contributed by atoms with Gasteiger partial charge in [0.1, 0.15) is 4.99 Å². The number of hydrogen-bond donors (Lipinski definition) is 2. The molecule has 0 heterocycles. The molecule has 1 rings (SSSR count). The highest BCUT2D eigenvalue weighted by molar-refractivity contribution is 9.10. The maximum atomic E-state index is 5.57. The van der Waals surface area contributed by atoms with E-state index in [4.69, 9.17) is 18.0 Å². The van der Waals surface area contributed by atoms with Gasteiger partial charge in [0.05, 0.1) is 0 Å². The Labute approximate surface area is 116 Å². The number of hydrogen-bond acceptors (Lipinski definition) is 3. The Kier molecular flexibility index (Phi) is 5.88. The summed E-state index contributed by atoms with van der Waals surface area (Å²) in [6.07, 6.45) is 0. The van der Waals surface area contributed by atoms with Crippen LogP contribution >= 0.6 is 28.1 Å². The van der Waals surface area contributed by atoms with Crippen LogP contribution in [-0.2, 0) is 0 Å². The van der Waals surface area contributed by atoms with Gasteiger partial charge >= 0.3 is 0 Å². The molecule has 3 N–H and O–H groups in total. The first kappa shape index (κ1) is 14.4. The van der Waals surface area contributed by atoms with E-state index in [0.29, 0.717) is 4.99 Å². The van der Waals surface area contributed by atoms with Gasteiger partial charge in [-0.15, -0.1) is 0 Å². The Balaban J connectivity index is 2.57. The molecule has 0 radical (unpaired) electrons. The van der Waals surface area contributed by atoms with E-state index in [1.165, 1.54) is 0 Å². The Morgan fingerprint density at radius 2 is 2.24 bits per heavy atom. The fraction of sp³-hybridized carbons (Fsp3) is 0.417. The van der Waals surface area contributed by atoms with Crippen LogP contribution < -0.4 is 11.1 Å². The Hall–Kier alpha value is -0.650. The van der Waals surface area contributed by atoms with Crippen LogP contribution in [0.25, 0.3) is 0 Å². The molecule has 3 nitrogen and oxygen atoms in total. The van der Waals surface area contributed by atoms with Crippen molar-refractivity contribution in [1.29, 1.82) is 0 Å². The lowest BCUT2D eigenvalue weighted by Gasteiger charge is -2.15. The van der Waals surface area contributed by atoms with Crippen LogP contribution in [0.2, 0.25) is 0 Å². The van der Waals surface area contributed by atoms with Crippen LogP contribution in [0.3, 0.4) is 0 Å². The van der Waals surface area contributed by atoms with Gasteiger partial charge in [0, 0.05) is 28.8 Å². The lowest BCUT2D eigenvalue weighted by atomic mass is 10.2. The molecule has 0 amide bonds. The van der Waals surface area contributed by atoms with Gasteiger partial charge in [0.2, 0.25) is 0 Å². The summed E-state index contributed by atoms with van der Waals surface area (Å²) in [7, 11) is 2.10. The molecule has 1 aromatic carbocycles. The van der Waals surface area contributed by atoms with Gasteiger partial charge in [-0.1, -0.05) is 19.1 Å². The lowest BCUT2D eigenvalue weighted by molar-refractivity contribution is 0.367. The first-order valence-electron chi connectivity index (χ1n) is 5.56. The SMILES string of the molecule is CCN(C)CCNc1ccc(C(N)=S)cc1Br. The monoisotopic (exact) mass is 315 g/mol. The maximum Gasteiger partial charge on any atom is 0.104 e. The van der Waals surface area contributed by atoms with E-state index in [1.807, 2.05) is 18.2 Å². The van der Waals surface area contributed by atoms with Gasteiger partial charge in [-0.3, -0.25) is 0 Å². The van der Waals surface area contributed by atoms with Crippen molar-refractivity contribution in [2.24, 2.45) is 5.73 Å². The van der Waals surface area contributed by atoms with Gasteiger partial charge in [0.15, 0.2) is 0 Å². The molecule has 0 bridgehead atoms. The lowest BCUT2D eigenvalue weighted by Crippen LogP contribution is -2.24. The zero-order chi connectivity index (χ0) is 12.8. The molecule has 0 aromatic heterocycles. The molecule has 17 heavy (non-hydrogen) atoms. The van der Waals surface area contributed by atoms with E-state index >= 15 is 0 Å². The number of anilines is 1. The molecule has 94 valence electrons. The summed E-state index contributed by atoms with van der Waals surface area (Å²) in [6, 6.07) is 5.86. The molecule has 0 saturated heterocycles. The highest BCUT2D eigenvalue weighted by Gasteiger charge is 2.03. The van der Waals surface area contributed by atoms with E-state index < -0.39 is 0 Å². The predicted octanol–water partition coefficient (Wildman–Crippen LogP) is 2.45. The minimum absolute atomic E-state index is 0.419. The van der Waals surface area contributed by atoms with Gasteiger partial charge in [-0.05, 0) is 47.7 Å². The van der Waals surface area contributed by atoms with Crippen LogP contribution in [-0.4, -0.2) is 36.6 Å². The number of likely N-dealkylation sites (N-methyl/N-ethyl adjacent to an activating group) is 1. The number of rotatable bonds is 6. The molecule has 0 aliphatic rings. The smallest absolute Gasteiger partial charge is 0.104 e. The van der Waals surface area contributed by atoms with E-state index in [1.54, 1.807) is 0 Å². The van der Waals surface area contributed by atoms with Crippen molar-refractivity contribution in [2.75, 3.05) is 32.0 Å². The predicted molar refractivity (Wildman–Crippen MR) is 81.7 cm³/mol. The largest absolute Gasteiger partial charge is 0.389 e. The zero-order valence-corrected chi connectivity index (χ0v) is 12.6. The number of halogens is 1. The average molecular weight is 316 g/mol. The van der Waals surface area contributed by atoms with Crippen molar-refractivity contribution >= 4 is 38.8 Å². The van der Waals surface area contributed by atoms with Gasteiger partial charge < -0.3 is 16.0 Å². The average Bonchev–Trinajstić information content (AvgIpc) is 2.30.